The number of hydrogen-bond donors (Lipinski definition) is 2. The molecule has 0 fully saturated rings. The average Bonchev–Trinajstić information content (AvgIpc) is 2.26. The number of rotatable bonds is 4. The van der Waals surface area contributed by atoms with Gasteiger partial charge in [-0.1, -0.05) is 19.9 Å². The van der Waals surface area contributed by atoms with E-state index in [4.69, 9.17) is 5.41 Å². The maximum Gasteiger partial charge on any atom is 0.101 e. The fourth-order valence-electron chi connectivity index (χ4n) is 1.50. The van der Waals surface area contributed by atoms with Crippen LogP contribution < -0.4 is 5.32 Å². The predicted molar refractivity (Wildman–Crippen MR) is 75.5 cm³/mol. The summed E-state index contributed by atoms with van der Waals surface area (Å²) in [6.07, 6.45) is 1.14. The van der Waals surface area contributed by atoms with Crippen LogP contribution in [-0.4, -0.2) is 10.8 Å². The lowest BCUT2D eigenvalue weighted by molar-refractivity contribution is 0.734. The summed E-state index contributed by atoms with van der Waals surface area (Å²) in [6.45, 7) is 4.42. The van der Waals surface area contributed by atoms with Crippen LogP contribution in [0.25, 0.3) is 0 Å². The summed E-state index contributed by atoms with van der Waals surface area (Å²) in [4.78, 5) is 0. The second kappa shape index (κ2) is 5.49. The van der Waals surface area contributed by atoms with Crippen molar-refractivity contribution in [3.63, 3.8) is 0 Å². The molecule has 1 rings (SSSR count). The molecule has 0 aromatic heterocycles. The van der Waals surface area contributed by atoms with Crippen LogP contribution in [0.5, 0.6) is 0 Å². The highest BCUT2D eigenvalue weighted by atomic mass is 127. The van der Waals surface area contributed by atoms with Gasteiger partial charge in [-0.05, 0) is 52.6 Å². The van der Waals surface area contributed by atoms with Gasteiger partial charge in [0.15, 0.2) is 0 Å². The Morgan fingerprint density at radius 1 is 1.53 bits per heavy atom. The molecule has 3 heteroatoms. The maximum absolute atomic E-state index is 7.65. The summed E-state index contributed by atoms with van der Waals surface area (Å²) in [5.41, 5.74) is 3.36. The van der Waals surface area contributed by atoms with E-state index in [1.54, 1.807) is 0 Å². The molecule has 0 saturated heterocycles. The van der Waals surface area contributed by atoms with Crippen LogP contribution in [-0.2, 0) is 0 Å². The van der Waals surface area contributed by atoms with Gasteiger partial charge in [0.1, 0.15) is 3.72 Å². The van der Waals surface area contributed by atoms with Gasteiger partial charge in [-0.25, -0.2) is 0 Å². The molecule has 0 spiro atoms. The Morgan fingerprint density at radius 3 is 2.67 bits per heavy atom. The third-order valence-electron chi connectivity index (χ3n) is 2.73. The van der Waals surface area contributed by atoms with Gasteiger partial charge in [0.2, 0.25) is 0 Å². The van der Waals surface area contributed by atoms with E-state index in [1.165, 1.54) is 5.56 Å². The average molecular weight is 316 g/mol. The molecule has 1 aromatic rings. The van der Waals surface area contributed by atoms with Crippen molar-refractivity contribution in [2.45, 2.75) is 26.2 Å². The summed E-state index contributed by atoms with van der Waals surface area (Å²) >= 11 is 2.04. The Bertz CT molecular complexity index is 361. The van der Waals surface area contributed by atoms with Gasteiger partial charge in [0.05, 0.1) is 0 Å². The Hall–Kier alpha value is -0.580. The lowest BCUT2D eigenvalue weighted by atomic mass is 9.97. The third kappa shape index (κ3) is 2.93. The van der Waals surface area contributed by atoms with Crippen molar-refractivity contribution in [2.75, 3.05) is 12.4 Å². The highest BCUT2D eigenvalue weighted by Crippen LogP contribution is 2.26. The lowest BCUT2D eigenvalue weighted by Crippen LogP contribution is -2.01. The monoisotopic (exact) mass is 316 g/mol. The second-order valence-electron chi connectivity index (χ2n) is 3.68. The molecule has 15 heavy (non-hydrogen) atoms. The first-order valence-electron chi connectivity index (χ1n) is 5.16. The lowest BCUT2D eigenvalue weighted by Gasteiger charge is -2.13. The maximum atomic E-state index is 7.65. The van der Waals surface area contributed by atoms with E-state index in [0.29, 0.717) is 9.64 Å². The van der Waals surface area contributed by atoms with E-state index < -0.39 is 0 Å². The van der Waals surface area contributed by atoms with E-state index >= 15 is 0 Å². The van der Waals surface area contributed by atoms with Gasteiger partial charge in [-0.2, -0.15) is 0 Å². The first kappa shape index (κ1) is 12.5. The largest absolute Gasteiger partial charge is 0.388 e. The van der Waals surface area contributed by atoms with Crippen molar-refractivity contribution < 1.29 is 0 Å². The zero-order valence-electron chi connectivity index (χ0n) is 9.39. The van der Waals surface area contributed by atoms with Crippen LogP contribution in [0.15, 0.2) is 18.2 Å². The molecule has 2 N–H and O–H groups in total. The summed E-state index contributed by atoms with van der Waals surface area (Å²) in [5.74, 6) is 0.578. The summed E-state index contributed by atoms with van der Waals surface area (Å²) < 4.78 is 0.577. The van der Waals surface area contributed by atoms with Gasteiger partial charge >= 0.3 is 0 Å². The highest BCUT2D eigenvalue weighted by molar-refractivity contribution is 14.1. The quantitative estimate of drug-likeness (QED) is 0.639. The molecular formula is C12H17IN2. The van der Waals surface area contributed by atoms with Crippen molar-refractivity contribution in [2.24, 2.45) is 0 Å². The van der Waals surface area contributed by atoms with Crippen LogP contribution in [0.2, 0.25) is 0 Å². The molecule has 2 nitrogen and oxygen atoms in total. The second-order valence-corrected chi connectivity index (χ2v) is 4.76. The molecule has 0 aliphatic rings. The number of benzene rings is 1. The van der Waals surface area contributed by atoms with Gasteiger partial charge in [-0.3, -0.25) is 5.41 Å². The molecule has 0 amide bonds. The zero-order chi connectivity index (χ0) is 11.4. The third-order valence-corrected chi connectivity index (χ3v) is 3.31. The number of nitrogens with one attached hydrogen (secondary N) is 2. The van der Waals surface area contributed by atoms with Crippen LogP contribution in [0, 0.1) is 5.41 Å². The molecule has 1 atom stereocenters. The highest BCUT2D eigenvalue weighted by Gasteiger charge is 2.08. The molecule has 0 saturated carbocycles. The normalized spacial score (nSPS) is 12.3. The minimum atomic E-state index is 0.577. The molecule has 0 heterocycles. The van der Waals surface area contributed by atoms with Crippen LogP contribution in [0.1, 0.15) is 37.3 Å². The van der Waals surface area contributed by atoms with Gasteiger partial charge in [0, 0.05) is 18.3 Å². The first-order chi connectivity index (χ1) is 7.10. The van der Waals surface area contributed by atoms with Crippen molar-refractivity contribution in [1.29, 1.82) is 5.41 Å². The van der Waals surface area contributed by atoms with Crippen molar-refractivity contribution >= 4 is 32.0 Å². The Morgan fingerprint density at radius 2 is 2.20 bits per heavy atom. The van der Waals surface area contributed by atoms with E-state index in [2.05, 4.69) is 31.3 Å². The standard InChI is InChI=1S/C12H17IN2/c1-4-8(2)9-5-6-10(12(13)14)11(7-9)15-3/h5-8,14-15H,4H2,1-3H3/t8-/m1/s1. The fraction of sp³-hybridized carbons (Fsp3) is 0.417. The molecular weight excluding hydrogens is 299 g/mol. The number of anilines is 1. The minimum absolute atomic E-state index is 0.577. The molecule has 0 radical (unpaired) electrons. The van der Waals surface area contributed by atoms with Crippen LogP contribution in [0.3, 0.4) is 0 Å². The van der Waals surface area contributed by atoms with Crippen LogP contribution in [0.4, 0.5) is 5.69 Å². The Kier molecular flexibility index (Phi) is 4.57. The molecule has 0 aliphatic heterocycles. The summed E-state index contributed by atoms with van der Waals surface area (Å²) in [5, 5.41) is 10.8. The Labute approximate surface area is 105 Å². The molecule has 0 unspecified atom stereocenters. The van der Waals surface area contributed by atoms with E-state index in [1.807, 2.05) is 35.7 Å². The molecule has 0 bridgehead atoms. The topological polar surface area (TPSA) is 35.9 Å². The number of halogens is 1. The minimum Gasteiger partial charge on any atom is -0.388 e. The fourth-order valence-corrected chi connectivity index (χ4v) is 1.97. The van der Waals surface area contributed by atoms with Gasteiger partial charge in [0.25, 0.3) is 0 Å². The number of hydrogen-bond acceptors (Lipinski definition) is 2. The van der Waals surface area contributed by atoms with Crippen LogP contribution >= 0.6 is 22.6 Å². The molecule has 0 aliphatic carbocycles. The summed E-state index contributed by atoms with van der Waals surface area (Å²) in [6, 6.07) is 6.30. The van der Waals surface area contributed by atoms with E-state index in [-0.39, 0.29) is 0 Å². The van der Waals surface area contributed by atoms with Crippen molar-refractivity contribution in [1.82, 2.24) is 0 Å². The smallest absolute Gasteiger partial charge is 0.101 e. The van der Waals surface area contributed by atoms with Crippen molar-refractivity contribution in [3.8, 4) is 0 Å². The van der Waals surface area contributed by atoms with E-state index in [0.717, 1.165) is 17.7 Å². The van der Waals surface area contributed by atoms with Gasteiger partial charge < -0.3 is 5.32 Å². The molecule has 82 valence electrons. The molecule has 1 aromatic carbocycles. The first-order valence-corrected chi connectivity index (χ1v) is 6.24. The predicted octanol–water partition coefficient (Wildman–Crippen LogP) is 4.00. The van der Waals surface area contributed by atoms with Crippen molar-refractivity contribution in [3.05, 3.63) is 29.3 Å². The SMILES string of the molecule is CC[C@@H](C)c1ccc(C(=N)I)c(NC)c1. The van der Waals surface area contributed by atoms with E-state index in [9.17, 15) is 0 Å². The zero-order valence-corrected chi connectivity index (χ0v) is 11.6. The van der Waals surface area contributed by atoms with Gasteiger partial charge in [-0.15, -0.1) is 0 Å². The Balaban J connectivity index is 3.13. The summed E-state index contributed by atoms with van der Waals surface area (Å²) in [7, 11) is 1.90.